The molecule has 2 aromatic rings. The predicted octanol–water partition coefficient (Wildman–Crippen LogP) is 3.32. The van der Waals surface area contributed by atoms with Crippen LogP contribution < -0.4 is 14.8 Å². The van der Waals surface area contributed by atoms with Gasteiger partial charge >= 0.3 is 0 Å². The monoisotopic (exact) mass is 392 g/mol. The topological polar surface area (TPSA) is 67.9 Å². The minimum absolute atomic E-state index is 0.000147. The number of nitrogens with one attached hydrogen (secondary N) is 1. The number of benzene rings is 2. The molecule has 1 N–H and O–H groups in total. The van der Waals surface area contributed by atoms with Gasteiger partial charge in [-0.15, -0.1) is 0 Å². The van der Waals surface area contributed by atoms with E-state index in [1.54, 1.807) is 12.1 Å². The molecule has 150 valence electrons. The van der Waals surface area contributed by atoms with Crippen molar-refractivity contribution >= 4 is 17.5 Å². The fourth-order valence-electron chi connectivity index (χ4n) is 4.37. The van der Waals surface area contributed by atoms with Crippen molar-refractivity contribution in [3.8, 4) is 11.5 Å². The minimum Gasteiger partial charge on any atom is -0.454 e. The SMILES string of the molecule is O=C(Nc1ccc2c(c1)OCO2)C1CCN(C(=O)C2(c3ccccc3)CC2)CC1. The summed E-state index contributed by atoms with van der Waals surface area (Å²) in [6.45, 7) is 1.48. The first-order valence-corrected chi connectivity index (χ1v) is 10.2. The first-order chi connectivity index (χ1) is 14.2. The highest BCUT2D eigenvalue weighted by Crippen LogP contribution is 2.50. The van der Waals surface area contributed by atoms with Crippen LogP contribution in [0.1, 0.15) is 31.2 Å². The lowest BCUT2D eigenvalue weighted by molar-refractivity contribution is -0.137. The molecule has 2 fully saturated rings. The highest BCUT2D eigenvalue weighted by atomic mass is 16.7. The molecule has 1 aliphatic carbocycles. The van der Waals surface area contributed by atoms with E-state index in [1.807, 2.05) is 29.2 Å². The molecule has 2 amide bonds. The molecule has 1 saturated carbocycles. The molecule has 0 radical (unpaired) electrons. The summed E-state index contributed by atoms with van der Waals surface area (Å²) < 4.78 is 10.7. The van der Waals surface area contributed by atoms with Gasteiger partial charge in [0.05, 0.1) is 5.41 Å². The third-order valence-corrected chi connectivity index (χ3v) is 6.28. The van der Waals surface area contributed by atoms with E-state index in [0.29, 0.717) is 43.1 Å². The van der Waals surface area contributed by atoms with Crippen LogP contribution in [-0.2, 0) is 15.0 Å². The van der Waals surface area contributed by atoms with Gasteiger partial charge in [-0.1, -0.05) is 30.3 Å². The average Bonchev–Trinajstić information content (AvgIpc) is 3.45. The van der Waals surface area contributed by atoms with Crippen LogP contribution >= 0.6 is 0 Å². The van der Waals surface area contributed by atoms with Gasteiger partial charge in [-0.3, -0.25) is 9.59 Å². The summed E-state index contributed by atoms with van der Waals surface area (Å²) in [6, 6.07) is 15.5. The molecule has 0 spiro atoms. The number of nitrogens with zero attached hydrogens (tertiary/aromatic N) is 1. The third kappa shape index (κ3) is 3.33. The zero-order valence-electron chi connectivity index (χ0n) is 16.2. The van der Waals surface area contributed by atoms with Crippen molar-refractivity contribution < 1.29 is 19.1 Å². The van der Waals surface area contributed by atoms with Crippen LogP contribution in [0.2, 0.25) is 0 Å². The Kier molecular flexibility index (Phi) is 4.42. The van der Waals surface area contributed by atoms with Crippen molar-refractivity contribution in [2.75, 3.05) is 25.2 Å². The van der Waals surface area contributed by atoms with Crippen molar-refractivity contribution in [2.24, 2.45) is 5.92 Å². The second-order valence-electron chi connectivity index (χ2n) is 8.07. The summed E-state index contributed by atoms with van der Waals surface area (Å²) in [5.74, 6) is 1.48. The maximum Gasteiger partial charge on any atom is 0.233 e. The number of likely N-dealkylation sites (tertiary alicyclic amines) is 1. The number of carbonyl (C=O) groups is 2. The second kappa shape index (κ2) is 7.10. The number of hydrogen-bond acceptors (Lipinski definition) is 4. The molecule has 1 saturated heterocycles. The molecule has 2 heterocycles. The van der Waals surface area contributed by atoms with Crippen LogP contribution in [0.25, 0.3) is 0 Å². The maximum absolute atomic E-state index is 13.2. The normalized spacial score (nSPS) is 19.7. The number of piperidine rings is 1. The molecule has 6 nitrogen and oxygen atoms in total. The zero-order chi connectivity index (χ0) is 19.8. The van der Waals surface area contributed by atoms with Gasteiger partial charge in [0.1, 0.15) is 0 Å². The van der Waals surface area contributed by atoms with Crippen molar-refractivity contribution in [3.63, 3.8) is 0 Å². The van der Waals surface area contributed by atoms with Crippen LogP contribution in [0.15, 0.2) is 48.5 Å². The number of hydrogen-bond donors (Lipinski definition) is 1. The van der Waals surface area contributed by atoms with E-state index in [-0.39, 0.29) is 29.9 Å². The van der Waals surface area contributed by atoms with Gasteiger partial charge in [0, 0.05) is 30.8 Å². The Morgan fingerprint density at radius 2 is 1.69 bits per heavy atom. The molecule has 2 aromatic carbocycles. The largest absolute Gasteiger partial charge is 0.454 e. The summed E-state index contributed by atoms with van der Waals surface area (Å²) in [6.07, 6.45) is 3.21. The van der Waals surface area contributed by atoms with Crippen LogP contribution in [-0.4, -0.2) is 36.6 Å². The van der Waals surface area contributed by atoms with Crippen LogP contribution in [0.3, 0.4) is 0 Å². The molecule has 0 bridgehead atoms. The van der Waals surface area contributed by atoms with Crippen LogP contribution in [0.5, 0.6) is 11.5 Å². The average molecular weight is 392 g/mol. The molecule has 0 unspecified atom stereocenters. The number of anilines is 1. The Morgan fingerprint density at radius 1 is 0.966 bits per heavy atom. The zero-order valence-corrected chi connectivity index (χ0v) is 16.2. The molecule has 29 heavy (non-hydrogen) atoms. The predicted molar refractivity (Wildman–Crippen MR) is 108 cm³/mol. The second-order valence-corrected chi connectivity index (χ2v) is 8.07. The van der Waals surface area contributed by atoms with Gasteiger partial charge in [-0.05, 0) is 43.4 Å². The summed E-state index contributed by atoms with van der Waals surface area (Å²) in [7, 11) is 0. The van der Waals surface area contributed by atoms with E-state index < -0.39 is 0 Å². The number of amides is 2. The van der Waals surface area contributed by atoms with Gasteiger partial charge in [-0.2, -0.15) is 0 Å². The van der Waals surface area contributed by atoms with E-state index in [0.717, 1.165) is 18.4 Å². The van der Waals surface area contributed by atoms with E-state index in [9.17, 15) is 9.59 Å². The molecule has 6 heteroatoms. The number of fused-ring (bicyclic) bond motifs is 1. The van der Waals surface area contributed by atoms with Crippen molar-refractivity contribution in [1.82, 2.24) is 4.90 Å². The summed E-state index contributed by atoms with van der Waals surface area (Å²) in [4.78, 5) is 27.8. The molecular formula is C23H24N2O4. The van der Waals surface area contributed by atoms with E-state index in [2.05, 4.69) is 17.4 Å². The van der Waals surface area contributed by atoms with Gasteiger partial charge in [0.25, 0.3) is 0 Å². The Morgan fingerprint density at radius 3 is 2.41 bits per heavy atom. The smallest absolute Gasteiger partial charge is 0.233 e. The number of carbonyl (C=O) groups excluding carboxylic acids is 2. The van der Waals surface area contributed by atoms with Crippen LogP contribution in [0, 0.1) is 5.92 Å². The first-order valence-electron chi connectivity index (χ1n) is 10.2. The van der Waals surface area contributed by atoms with E-state index in [4.69, 9.17) is 9.47 Å². The molecule has 5 rings (SSSR count). The quantitative estimate of drug-likeness (QED) is 0.867. The van der Waals surface area contributed by atoms with Gasteiger partial charge in [-0.25, -0.2) is 0 Å². The van der Waals surface area contributed by atoms with Crippen LogP contribution in [0.4, 0.5) is 5.69 Å². The highest BCUT2D eigenvalue weighted by Gasteiger charge is 2.53. The van der Waals surface area contributed by atoms with E-state index in [1.165, 1.54) is 0 Å². The van der Waals surface area contributed by atoms with Crippen molar-refractivity contribution in [3.05, 3.63) is 54.1 Å². The minimum atomic E-state index is -0.331. The summed E-state index contributed by atoms with van der Waals surface area (Å²) in [5.41, 5.74) is 1.49. The Hall–Kier alpha value is -3.02. The summed E-state index contributed by atoms with van der Waals surface area (Å²) in [5, 5.41) is 2.98. The molecular weight excluding hydrogens is 368 g/mol. The molecule has 2 aliphatic heterocycles. The Labute approximate surface area is 169 Å². The molecule has 0 atom stereocenters. The van der Waals surface area contributed by atoms with Crippen molar-refractivity contribution in [2.45, 2.75) is 31.1 Å². The summed E-state index contributed by atoms with van der Waals surface area (Å²) >= 11 is 0. The lowest BCUT2D eigenvalue weighted by Crippen LogP contribution is -2.45. The molecule has 0 aromatic heterocycles. The first kappa shape index (κ1) is 18.0. The highest BCUT2D eigenvalue weighted by molar-refractivity contribution is 5.94. The maximum atomic E-state index is 13.2. The fourth-order valence-corrected chi connectivity index (χ4v) is 4.37. The van der Waals surface area contributed by atoms with Gasteiger partial charge in [0.15, 0.2) is 11.5 Å². The standard InChI is InChI=1S/C23H24N2O4/c26-21(24-18-6-7-19-20(14-18)29-15-28-19)16-8-12-25(13-9-16)22(27)23(10-11-23)17-4-2-1-3-5-17/h1-7,14,16H,8-13,15H2,(H,24,26). The Balaban J connectivity index is 1.18. The number of rotatable bonds is 4. The van der Waals surface area contributed by atoms with Gasteiger partial charge < -0.3 is 19.7 Å². The van der Waals surface area contributed by atoms with Crippen molar-refractivity contribution in [1.29, 1.82) is 0 Å². The Bertz CT molecular complexity index is 931. The lowest BCUT2D eigenvalue weighted by Gasteiger charge is -2.34. The fraction of sp³-hybridized carbons (Fsp3) is 0.391. The van der Waals surface area contributed by atoms with E-state index >= 15 is 0 Å². The third-order valence-electron chi connectivity index (χ3n) is 6.28. The lowest BCUT2D eigenvalue weighted by atomic mass is 9.91. The van der Waals surface area contributed by atoms with Gasteiger partial charge in [0.2, 0.25) is 18.6 Å². The molecule has 3 aliphatic rings. The number of ether oxygens (including phenoxy) is 2.